The van der Waals surface area contributed by atoms with E-state index in [1.165, 1.54) is 5.56 Å². The van der Waals surface area contributed by atoms with Gasteiger partial charge in [0.05, 0.1) is 25.1 Å². The van der Waals surface area contributed by atoms with Crippen LogP contribution < -0.4 is 0 Å². The molecule has 0 spiro atoms. The van der Waals surface area contributed by atoms with Crippen LogP contribution >= 0.6 is 0 Å². The molecule has 94 valence electrons. The molecule has 0 bridgehead atoms. The quantitative estimate of drug-likeness (QED) is 0.884. The summed E-state index contributed by atoms with van der Waals surface area (Å²) in [6.45, 7) is 4.62. The van der Waals surface area contributed by atoms with Gasteiger partial charge in [-0.2, -0.15) is 5.10 Å². The maximum Gasteiger partial charge on any atom is 0.0733 e. The molecule has 5 nitrogen and oxygen atoms in total. The minimum absolute atomic E-state index is 0.834. The Kier molecular flexibility index (Phi) is 3.34. The maximum atomic E-state index is 5.34. The number of nitrogens with zero attached hydrogens (tertiary/aromatic N) is 3. The van der Waals surface area contributed by atoms with Crippen molar-refractivity contribution in [1.29, 1.82) is 0 Å². The normalized spacial score (nSPS) is 16.9. The van der Waals surface area contributed by atoms with Gasteiger partial charge in [0, 0.05) is 37.6 Å². The van der Waals surface area contributed by atoms with Gasteiger partial charge >= 0.3 is 0 Å². The van der Waals surface area contributed by atoms with E-state index in [-0.39, 0.29) is 0 Å². The highest BCUT2D eigenvalue weighted by Gasteiger charge is 2.10. The number of hydrogen-bond donors (Lipinski definition) is 1. The predicted molar refractivity (Wildman–Crippen MR) is 67.9 cm³/mol. The number of ether oxygens (including phenoxy) is 1. The van der Waals surface area contributed by atoms with Crippen molar-refractivity contribution in [3.63, 3.8) is 0 Å². The Morgan fingerprint density at radius 3 is 2.78 bits per heavy atom. The fourth-order valence-electron chi connectivity index (χ4n) is 2.10. The van der Waals surface area contributed by atoms with Gasteiger partial charge < -0.3 is 4.74 Å². The lowest BCUT2D eigenvalue weighted by Crippen LogP contribution is -2.35. The lowest BCUT2D eigenvalue weighted by Gasteiger charge is -2.26. The summed E-state index contributed by atoms with van der Waals surface area (Å²) in [7, 11) is 0. The summed E-state index contributed by atoms with van der Waals surface area (Å²) >= 11 is 0. The van der Waals surface area contributed by atoms with Gasteiger partial charge in [-0.1, -0.05) is 6.07 Å². The molecule has 0 unspecified atom stereocenters. The topological polar surface area (TPSA) is 54.0 Å². The summed E-state index contributed by atoms with van der Waals surface area (Å²) in [6, 6.07) is 4.17. The molecule has 0 radical (unpaired) electrons. The molecular weight excluding hydrogens is 228 g/mol. The highest BCUT2D eigenvalue weighted by molar-refractivity contribution is 5.56. The van der Waals surface area contributed by atoms with Crippen LogP contribution in [0.15, 0.2) is 30.7 Å². The zero-order valence-electron chi connectivity index (χ0n) is 10.2. The Labute approximate surface area is 106 Å². The predicted octanol–water partition coefficient (Wildman–Crippen LogP) is 1.30. The van der Waals surface area contributed by atoms with Gasteiger partial charge in [0.1, 0.15) is 0 Å². The van der Waals surface area contributed by atoms with Crippen molar-refractivity contribution in [2.75, 3.05) is 26.3 Å². The Hall–Kier alpha value is -1.72. The molecule has 1 aliphatic heterocycles. The van der Waals surface area contributed by atoms with Crippen LogP contribution in [-0.4, -0.2) is 46.4 Å². The second-order valence-corrected chi connectivity index (χ2v) is 4.43. The Bertz CT molecular complexity index is 474. The SMILES string of the molecule is c1cc(-c2cn[nH]c2)ncc1CN1CCOCC1. The van der Waals surface area contributed by atoms with Crippen LogP contribution in [0.1, 0.15) is 5.56 Å². The molecule has 3 heterocycles. The number of aromatic nitrogens is 3. The molecule has 18 heavy (non-hydrogen) atoms. The minimum atomic E-state index is 0.834. The van der Waals surface area contributed by atoms with E-state index in [4.69, 9.17) is 4.74 Å². The molecule has 2 aromatic heterocycles. The zero-order chi connectivity index (χ0) is 12.2. The van der Waals surface area contributed by atoms with Gasteiger partial charge in [-0.15, -0.1) is 0 Å². The summed E-state index contributed by atoms with van der Waals surface area (Å²) in [6.07, 6.45) is 5.58. The Morgan fingerprint density at radius 1 is 1.22 bits per heavy atom. The second kappa shape index (κ2) is 5.29. The molecule has 1 aliphatic rings. The van der Waals surface area contributed by atoms with Gasteiger partial charge in [-0.25, -0.2) is 0 Å². The van der Waals surface area contributed by atoms with E-state index in [2.05, 4.69) is 26.1 Å². The number of pyridine rings is 1. The van der Waals surface area contributed by atoms with E-state index < -0.39 is 0 Å². The monoisotopic (exact) mass is 244 g/mol. The summed E-state index contributed by atoms with van der Waals surface area (Å²) < 4.78 is 5.34. The highest BCUT2D eigenvalue weighted by atomic mass is 16.5. The minimum Gasteiger partial charge on any atom is -0.379 e. The number of H-pyrrole nitrogens is 1. The molecule has 0 aromatic carbocycles. The van der Waals surface area contributed by atoms with Crippen molar-refractivity contribution in [2.45, 2.75) is 6.54 Å². The lowest BCUT2D eigenvalue weighted by atomic mass is 10.2. The van der Waals surface area contributed by atoms with Crippen molar-refractivity contribution in [3.05, 3.63) is 36.3 Å². The fourth-order valence-corrected chi connectivity index (χ4v) is 2.10. The van der Waals surface area contributed by atoms with Crippen molar-refractivity contribution in [3.8, 4) is 11.3 Å². The van der Waals surface area contributed by atoms with E-state index in [0.29, 0.717) is 0 Å². The van der Waals surface area contributed by atoms with Gasteiger partial charge in [0.2, 0.25) is 0 Å². The number of hydrogen-bond acceptors (Lipinski definition) is 4. The molecular formula is C13H16N4O. The summed E-state index contributed by atoms with van der Waals surface area (Å²) in [5.74, 6) is 0. The molecule has 0 aliphatic carbocycles. The summed E-state index contributed by atoms with van der Waals surface area (Å²) in [5, 5.41) is 6.72. The van der Waals surface area contributed by atoms with Crippen LogP contribution in [0.3, 0.4) is 0 Å². The fraction of sp³-hybridized carbons (Fsp3) is 0.385. The average molecular weight is 244 g/mol. The molecule has 1 saturated heterocycles. The van der Waals surface area contributed by atoms with Gasteiger partial charge in [-0.3, -0.25) is 15.0 Å². The van der Waals surface area contributed by atoms with Crippen LogP contribution in [0.2, 0.25) is 0 Å². The van der Waals surface area contributed by atoms with Crippen molar-refractivity contribution < 1.29 is 4.74 Å². The van der Waals surface area contributed by atoms with Gasteiger partial charge in [-0.05, 0) is 11.6 Å². The molecule has 5 heteroatoms. The molecule has 1 fully saturated rings. The van der Waals surface area contributed by atoms with E-state index in [1.54, 1.807) is 6.20 Å². The van der Waals surface area contributed by atoms with Crippen LogP contribution in [0.25, 0.3) is 11.3 Å². The first kappa shape index (κ1) is 11.4. The summed E-state index contributed by atoms with van der Waals surface area (Å²) in [5.41, 5.74) is 3.21. The third kappa shape index (κ3) is 2.57. The maximum absolute atomic E-state index is 5.34. The van der Waals surface area contributed by atoms with E-state index in [0.717, 1.165) is 44.1 Å². The van der Waals surface area contributed by atoms with Crippen molar-refractivity contribution in [2.24, 2.45) is 0 Å². The van der Waals surface area contributed by atoms with Crippen LogP contribution in [0.4, 0.5) is 0 Å². The number of rotatable bonds is 3. The smallest absolute Gasteiger partial charge is 0.0733 e. The third-order valence-electron chi connectivity index (χ3n) is 3.13. The first-order chi connectivity index (χ1) is 8.92. The standard InChI is InChI=1S/C13H16N4O/c1-2-13(12-8-15-16-9-12)14-7-11(1)10-17-3-5-18-6-4-17/h1-2,7-9H,3-6,10H2,(H,15,16). The van der Waals surface area contributed by atoms with Crippen LogP contribution in [0, 0.1) is 0 Å². The average Bonchev–Trinajstić information content (AvgIpc) is 2.95. The first-order valence-corrected chi connectivity index (χ1v) is 6.16. The van der Waals surface area contributed by atoms with Crippen molar-refractivity contribution in [1.82, 2.24) is 20.1 Å². The molecule has 3 rings (SSSR count). The number of aromatic amines is 1. The van der Waals surface area contributed by atoms with E-state index >= 15 is 0 Å². The van der Waals surface area contributed by atoms with Gasteiger partial charge in [0.25, 0.3) is 0 Å². The number of morpholine rings is 1. The highest BCUT2D eigenvalue weighted by Crippen LogP contribution is 2.15. The zero-order valence-corrected chi connectivity index (χ0v) is 10.2. The molecule has 0 saturated carbocycles. The van der Waals surface area contributed by atoms with Crippen molar-refractivity contribution >= 4 is 0 Å². The summed E-state index contributed by atoms with van der Waals surface area (Å²) in [4.78, 5) is 6.86. The van der Waals surface area contributed by atoms with Crippen LogP contribution in [-0.2, 0) is 11.3 Å². The van der Waals surface area contributed by atoms with Gasteiger partial charge in [0.15, 0.2) is 0 Å². The molecule has 1 N–H and O–H groups in total. The molecule has 0 amide bonds. The second-order valence-electron chi connectivity index (χ2n) is 4.43. The Balaban J connectivity index is 1.67. The molecule has 0 atom stereocenters. The van der Waals surface area contributed by atoms with E-state index in [9.17, 15) is 0 Å². The van der Waals surface area contributed by atoms with Crippen LogP contribution in [0.5, 0.6) is 0 Å². The third-order valence-corrected chi connectivity index (χ3v) is 3.13. The lowest BCUT2D eigenvalue weighted by molar-refractivity contribution is 0.0341. The largest absolute Gasteiger partial charge is 0.379 e. The number of nitrogens with one attached hydrogen (secondary N) is 1. The molecule has 2 aromatic rings. The van der Waals surface area contributed by atoms with E-state index in [1.807, 2.05) is 18.5 Å². The Morgan fingerprint density at radius 2 is 2.11 bits per heavy atom. The first-order valence-electron chi connectivity index (χ1n) is 6.16.